The summed E-state index contributed by atoms with van der Waals surface area (Å²) in [5, 5.41) is 8.87. The number of hydrogen-bond donors (Lipinski definition) is 1. The minimum atomic E-state index is -1.11. The van der Waals surface area contributed by atoms with Gasteiger partial charge in [0.25, 0.3) is 5.91 Å². The van der Waals surface area contributed by atoms with Crippen LogP contribution < -0.4 is 15.2 Å². The minimum absolute atomic E-state index is 0.0616. The summed E-state index contributed by atoms with van der Waals surface area (Å²) in [4.78, 5) is 27.1. The van der Waals surface area contributed by atoms with Gasteiger partial charge in [-0.25, -0.2) is 5.01 Å². The van der Waals surface area contributed by atoms with Crippen molar-refractivity contribution in [2.75, 3.05) is 9.91 Å². The van der Waals surface area contributed by atoms with Gasteiger partial charge in [-0.15, -0.1) is 0 Å². The van der Waals surface area contributed by atoms with Crippen molar-refractivity contribution in [2.45, 2.75) is 6.92 Å². The van der Waals surface area contributed by atoms with E-state index >= 15 is 0 Å². The summed E-state index contributed by atoms with van der Waals surface area (Å²) in [6.07, 6.45) is 1.36. The molecule has 1 atom stereocenters. The van der Waals surface area contributed by atoms with Crippen LogP contribution in [0.3, 0.4) is 0 Å². The van der Waals surface area contributed by atoms with Crippen LogP contribution in [-0.2, 0) is 9.59 Å². The summed E-state index contributed by atoms with van der Waals surface area (Å²) in [7, 11) is 0. The molecule has 1 heterocycles. The number of nitrogens with one attached hydrogen (secondary N) is 1. The maximum Gasteiger partial charge on any atom is 0.251 e. The molecule has 0 bridgehead atoms. The molecule has 31 heavy (non-hydrogen) atoms. The number of nitrogens with zero attached hydrogens (tertiary/aromatic N) is 3. The molecule has 0 unspecified atom stereocenters. The zero-order valence-corrected chi connectivity index (χ0v) is 17.6. The van der Waals surface area contributed by atoms with Crippen LogP contribution in [0, 0.1) is 12.8 Å². The molecule has 6 nitrogen and oxygen atoms in total. The number of hydrazone groups is 1. The molecule has 3 aromatic rings. The van der Waals surface area contributed by atoms with Crippen molar-refractivity contribution in [1.29, 1.82) is 0 Å². The highest BCUT2D eigenvalue weighted by Crippen LogP contribution is 2.26. The predicted molar refractivity (Wildman–Crippen MR) is 126 cm³/mol. The van der Waals surface area contributed by atoms with Crippen molar-refractivity contribution >= 4 is 52.4 Å². The van der Waals surface area contributed by atoms with Gasteiger partial charge >= 0.3 is 0 Å². The van der Waals surface area contributed by atoms with Crippen molar-refractivity contribution in [3.63, 3.8) is 0 Å². The standard InChI is InChI=1S/C24H20N4O2S/c1-17-12-14-18(15-13-17)27-23(30)21(22(29)26-24(27)31)16-25-28(19-8-4-2-5-9-19)20-10-6-3-7-11-20/h2-16,21H,1H3,(H,26,29,31)/b25-16+/t21-/m0/s1. The molecular weight excluding hydrogens is 408 g/mol. The number of carbonyl (C=O) groups is 2. The molecule has 7 heteroatoms. The van der Waals surface area contributed by atoms with Crippen LogP contribution in [0.1, 0.15) is 5.56 Å². The Hall–Kier alpha value is -3.84. The highest BCUT2D eigenvalue weighted by Gasteiger charge is 2.38. The third kappa shape index (κ3) is 4.36. The van der Waals surface area contributed by atoms with Crippen molar-refractivity contribution in [3.8, 4) is 0 Å². The van der Waals surface area contributed by atoms with Gasteiger partial charge in [-0.1, -0.05) is 54.1 Å². The van der Waals surface area contributed by atoms with E-state index in [1.165, 1.54) is 11.1 Å². The lowest BCUT2D eigenvalue weighted by molar-refractivity contribution is -0.130. The van der Waals surface area contributed by atoms with E-state index in [0.717, 1.165) is 16.9 Å². The second-order valence-corrected chi connectivity index (χ2v) is 7.42. The first-order chi connectivity index (χ1) is 15.0. The number of carbonyl (C=O) groups excluding carboxylic acids is 2. The third-order valence-electron chi connectivity index (χ3n) is 4.83. The smallest absolute Gasteiger partial charge is 0.251 e. The normalized spacial score (nSPS) is 16.5. The Balaban J connectivity index is 1.66. The van der Waals surface area contributed by atoms with Crippen LogP contribution in [0.2, 0.25) is 0 Å². The van der Waals surface area contributed by atoms with E-state index in [1.807, 2.05) is 79.7 Å². The average Bonchev–Trinajstić information content (AvgIpc) is 2.78. The van der Waals surface area contributed by atoms with Crippen LogP contribution in [0.15, 0.2) is 90.0 Å². The summed E-state index contributed by atoms with van der Waals surface area (Å²) in [6, 6.07) is 26.4. The summed E-state index contributed by atoms with van der Waals surface area (Å²) < 4.78 is 0. The number of hydrogen-bond acceptors (Lipinski definition) is 5. The van der Waals surface area contributed by atoms with Crippen LogP contribution in [0.25, 0.3) is 0 Å². The zero-order valence-electron chi connectivity index (χ0n) is 16.8. The number of para-hydroxylation sites is 2. The summed E-state index contributed by atoms with van der Waals surface area (Å²) >= 11 is 5.26. The molecule has 3 aromatic carbocycles. The van der Waals surface area contributed by atoms with Gasteiger partial charge in [0.05, 0.1) is 17.1 Å². The molecule has 1 fully saturated rings. The number of aryl methyl sites for hydroxylation is 1. The number of benzene rings is 3. The first kappa shape index (κ1) is 20.4. The fraction of sp³-hybridized carbons (Fsp3) is 0.0833. The second-order valence-electron chi connectivity index (χ2n) is 7.03. The Morgan fingerprint density at radius 1 is 0.903 bits per heavy atom. The maximum absolute atomic E-state index is 13.2. The lowest BCUT2D eigenvalue weighted by Gasteiger charge is -2.31. The van der Waals surface area contributed by atoms with Crippen molar-refractivity contribution in [1.82, 2.24) is 5.32 Å². The first-order valence-corrected chi connectivity index (χ1v) is 10.2. The predicted octanol–water partition coefficient (Wildman–Crippen LogP) is 4.18. The lowest BCUT2D eigenvalue weighted by Crippen LogP contribution is -2.58. The highest BCUT2D eigenvalue weighted by molar-refractivity contribution is 7.80. The monoisotopic (exact) mass is 428 g/mol. The Morgan fingerprint density at radius 2 is 1.45 bits per heavy atom. The summed E-state index contributed by atoms with van der Waals surface area (Å²) in [5.74, 6) is -2.05. The van der Waals surface area contributed by atoms with Crippen molar-refractivity contribution in [3.05, 3.63) is 90.5 Å². The molecule has 1 aliphatic heterocycles. The fourth-order valence-corrected chi connectivity index (χ4v) is 3.51. The first-order valence-electron chi connectivity index (χ1n) is 9.74. The maximum atomic E-state index is 13.2. The number of amides is 2. The van der Waals surface area contributed by atoms with Gasteiger partial charge in [0.2, 0.25) is 5.91 Å². The molecule has 0 radical (unpaired) electrons. The van der Waals surface area contributed by atoms with Crippen molar-refractivity contribution in [2.24, 2.45) is 11.0 Å². The SMILES string of the molecule is Cc1ccc(N2C(=O)[C@@H](/C=N/N(c3ccccc3)c3ccccc3)C(=O)NC2=S)cc1. The van der Waals surface area contributed by atoms with Gasteiger partial charge in [0.1, 0.15) is 0 Å². The molecule has 1 saturated heterocycles. The minimum Gasteiger partial charge on any atom is -0.301 e. The molecule has 1 aliphatic rings. The van der Waals surface area contributed by atoms with E-state index in [0.29, 0.717) is 5.69 Å². The number of rotatable bonds is 5. The van der Waals surface area contributed by atoms with E-state index in [-0.39, 0.29) is 5.11 Å². The molecule has 1 N–H and O–H groups in total. The Labute approximate surface area is 185 Å². The molecule has 0 saturated carbocycles. The molecule has 0 aromatic heterocycles. The molecule has 154 valence electrons. The van der Waals surface area contributed by atoms with Gasteiger partial charge in [0.15, 0.2) is 11.0 Å². The summed E-state index contributed by atoms with van der Waals surface area (Å²) in [5.41, 5.74) is 3.27. The number of anilines is 3. The highest BCUT2D eigenvalue weighted by atomic mass is 32.1. The molecule has 0 aliphatic carbocycles. The van der Waals surface area contributed by atoms with E-state index < -0.39 is 17.7 Å². The Bertz CT molecular complexity index is 1090. The van der Waals surface area contributed by atoms with E-state index in [2.05, 4.69) is 10.4 Å². The topological polar surface area (TPSA) is 65.0 Å². The van der Waals surface area contributed by atoms with Crippen molar-refractivity contribution < 1.29 is 9.59 Å². The van der Waals surface area contributed by atoms with E-state index in [4.69, 9.17) is 12.2 Å². The summed E-state index contributed by atoms with van der Waals surface area (Å²) in [6.45, 7) is 1.96. The average molecular weight is 429 g/mol. The quantitative estimate of drug-likeness (QED) is 0.287. The molecule has 0 spiro atoms. The molecule has 2 amide bonds. The Kier molecular flexibility index (Phi) is 5.86. The van der Waals surface area contributed by atoms with Crippen LogP contribution in [0.5, 0.6) is 0 Å². The van der Waals surface area contributed by atoms with E-state index in [9.17, 15) is 9.59 Å². The van der Waals surface area contributed by atoms with Gasteiger partial charge < -0.3 is 5.32 Å². The zero-order chi connectivity index (χ0) is 21.8. The third-order valence-corrected chi connectivity index (χ3v) is 5.11. The van der Waals surface area contributed by atoms with Crippen LogP contribution >= 0.6 is 12.2 Å². The molecule has 4 rings (SSSR count). The van der Waals surface area contributed by atoms with E-state index in [1.54, 1.807) is 17.1 Å². The second kappa shape index (κ2) is 8.89. The Morgan fingerprint density at radius 3 is 2.00 bits per heavy atom. The van der Waals surface area contributed by atoms with Crippen LogP contribution in [-0.4, -0.2) is 23.1 Å². The van der Waals surface area contributed by atoms with Gasteiger partial charge in [-0.3, -0.25) is 14.5 Å². The number of thiocarbonyl (C=S) groups is 1. The van der Waals surface area contributed by atoms with Gasteiger partial charge in [0, 0.05) is 6.21 Å². The lowest BCUT2D eigenvalue weighted by atomic mass is 10.1. The fourth-order valence-electron chi connectivity index (χ4n) is 3.21. The largest absolute Gasteiger partial charge is 0.301 e. The van der Waals surface area contributed by atoms with Crippen LogP contribution in [0.4, 0.5) is 17.1 Å². The van der Waals surface area contributed by atoms with Gasteiger partial charge in [-0.2, -0.15) is 5.10 Å². The molecular formula is C24H20N4O2S. The van der Waals surface area contributed by atoms with Gasteiger partial charge in [-0.05, 0) is 55.5 Å².